The first kappa shape index (κ1) is 21.0. The van der Waals surface area contributed by atoms with Gasteiger partial charge in [0.1, 0.15) is 0 Å². The zero-order valence-corrected chi connectivity index (χ0v) is 19.2. The number of nitrogens with one attached hydrogen (secondary N) is 2. The zero-order valence-electron chi connectivity index (χ0n) is 17.6. The first-order valence-electron chi connectivity index (χ1n) is 9.82. The smallest absolute Gasteiger partial charge is 0.260 e. The van der Waals surface area contributed by atoms with E-state index in [-0.39, 0.29) is 5.56 Å². The molecule has 0 unspecified atom stereocenters. The monoisotopic (exact) mass is 478 g/mol. The van der Waals surface area contributed by atoms with Gasteiger partial charge in [0, 0.05) is 29.4 Å². The maximum absolute atomic E-state index is 12.2. The van der Waals surface area contributed by atoms with E-state index < -0.39 is 10.0 Å². The standard InChI is InChI=1S/C22H18N6O3S2/c1-28-12-24-18-9-14(6-7-16(18)21(28)29)25-22-23-10-19-20(26-22)17(11-32-19)13-4-3-5-15(8-13)27-33(2,30)31/h3-12,27H,1-2H3,(H,23,25,26). The molecule has 33 heavy (non-hydrogen) atoms. The maximum Gasteiger partial charge on any atom is 0.260 e. The Morgan fingerprint density at radius 3 is 2.73 bits per heavy atom. The van der Waals surface area contributed by atoms with Gasteiger partial charge in [-0.2, -0.15) is 0 Å². The second kappa shape index (κ2) is 7.94. The molecule has 3 heterocycles. The van der Waals surface area contributed by atoms with Gasteiger partial charge >= 0.3 is 0 Å². The predicted octanol–water partition coefficient (Wildman–Crippen LogP) is 3.72. The summed E-state index contributed by atoms with van der Waals surface area (Å²) in [7, 11) is -1.71. The number of aromatic nitrogens is 4. The third-order valence-electron chi connectivity index (χ3n) is 4.97. The lowest BCUT2D eigenvalue weighted by atomic mass is 10.1. The van der Waals surface area contributed by atoms with E-state index in [1.807, 2.05) is 11.4 Å². The van der Waals surface area contributed by atoms with E-state index in [0.717, 1.165) is 27.6 Å². The van der Waals surface area contributed by atoms with E-state index in [0.29, 0.717) is 28.2 Å². The zero-order chi connectivity index (χ0) is 23.2. The third kappa shape index (κ3) is 4.28. The van der Waals surface area contributed by atoms with Crippen molar-refractivity contribution in [2.75, 3.05) is 16.3 Å². The number of rotatable bonds is 5. The van der Waals surface area contributed by atoms with Gasteiger partial charge in [0.25, 0.3) is 5.56 Å². The summed E-state index contributed by atoms with van der Waals surface area (Å²) in [5, 5.41) is 5.68. The third-order valence-corrected chi connectivity index (χ3v) is 6.48. The predicted molar refractivity (Wildman–Crippen MR) is 132 cm³/mol. The molecule has 0 saturated heterocycles. The number of aryl methyl sites for hydroxylation is 1. The summed E-state index contributed by atoms with van der Waals surface area (Å²) in [4.78, 5) is 25.6. The average molecular weight is 479 g/mol. The van der Waals surface area contributed by atoms with Gasteiger partial charge in [-0.05, 0) is 35.9 Å². The summed E-state index contributed by atoms with van der Waals surface area (Å²) >= 11 is 1.51. The maximum atomic E-state index is 12.2. The van der Waals surface area contributed by atoms with Crippen LogP contribution in [-0.2, 0) is 17.1 Å². The van der Waals surface area contributed by atoms with Crippen molar-refractivity contribution in [2.24, 2.45) is 7.05 Å². The van der Waals surface area contributed by atoms with Gasteiger partial charge in [-0.25, -0.2) is 23.4 Å². The Labute approximate surface area is 192 Å². The van der Waals surface area contributed by atoms with Gasteiger partial charge in [0.05, 0.1) is 39.9 Å². The number of sulfonamides is 1. The van der Waals surface area contributed by atoms with E-state index in [9.17, 15) is 13.2 Å². The fourth-order valence-electron chi connectivity index (χ4n) is 3.47. The van der Waals surface area contributed by atoms with Gasteiger partial charge < -0.3 is 9.88 Å². The summed E-state index contributed by atoms with van der Waals surface area (Å²) in [6, 6.07) is 12.4. The van der Waals surface area contributed by atoms with Crippen molar-refractivity contribution in [3.05, 3.63) is 70.7 Å². The number of nitrogens with zero attached hydrogens (tertiary/aromatic N) is 4. The molecule has 0 aliphatic rings. The van der Waals surface area contributed by atoms with E-state index >= 15 is 0 Å². The number of benzene rings is 2. The molecule has 0 bridgehead atoms. The lowest BCUT2D eigenvalue weighted by Crippen LogP contribution is -2.16. The Morgan fingerprint density at radius 2 is 1.91 bits per heavy atom. The molecule has 11 heteroatoms. The molecular weight excluding hydrogens is 460 g/mol. The van der Waals surface area contributed by atoms with Gasteiger partial charge in [-0.15, -0.1) is 11.3 Å². The van der Waals surface area contributed by atoms with Gasteiger partial charge in [-0.1, -0.05) is 12.1 Å². The molecule has 0 atom stereocenters. The van der Waals surface area contributed by atoms with Crippen LogP contribution in [0, 0.1) is 0 Å². The first-order valence-corrected chi connectivity index (χ1v) is 12.6. The molecule has 5 aromatic rings. The van der Waals surface area contributed by atoms with Crippen molar-refractivity contribution in [1.29, 1.82) is 0 Å². The molecule has 0 radical (unpaired) electrons. The van der Waals surface area contributed by atoms with Crippen LogP contribution >= 0.6 is 11.3 Å². The molecule has 0 aliphatic heterocycles. The van der Waals surface area contributed by atoms with Gasteiger partial charge in [-0.3, -0.25) is 9.52 Å². The van der Waals surface area contributed by atoms with Crippen molar-refractivity contribution in [3.63, 3.8) is 0 Å². The molecule has 0 fully saturated rings. The Balaban J connectivity index is 1.50. The van der Waals surface area contributed by atoms with Crippen molar-refractivity contribution < 1.29 is 8.42 Å². The van der Waals surface area contributed by atoms with E-state index in [2.05, 4.69) is 25.0 Å². The Bertz CT molecular complexity index is 1690. The molecule has 2 aromatic carbocycles. The fraction of sp³-hybridized carbons (Fsp3) is 0.0909. The van der Waals surface area contributed by atoms with Crippen LogP contribution in [0.4, 0.5) is 17.3 Å². The second-order valence-electron chi connectivity index (χ2n) is 7.53. The summed E-state index contributed by atoms with van der Waals surface area (Å²) in [5.74, 6) is 0.399. The quantitative estimate of drug-likeness (QED) is 0.395. The number of thiophene rings is 1. The summed E-state index contributed by atoms with van der Waals surface area (Å²) in [5.41, 5.74) is 4.12. The van der Waals surface area contributed by atoms with E-state index in [4.69, 9.17) is 0 Å². The van der Waals surface area contributed by atoms with Crippen LogP contribution in [0.5, 0.6) is 0 Å². The molecule has 2 N–H and O–H groups in total. The molecule has 0 saturated carbocycles. The minimum Gasteiger partial charge on any atom is -0.324 e. The van der Waals surface area contributed by atoms with Crippen LogP contribution in [0.15, 0.2) is 65.2 Å². The minimum absolute atomic E-state index is 0.111. The average Bonchev–Trinajstić information content (AvgIpc) is 3.19. The van der Waals surface area contributed by atoms with E-state index in [1.165, 1.54) is 22.2 Å². The molecule has 0 aliphatic carbocycles. The largest absolute Gasteiger partial charge is 0.324 e. The number of hydrogen-bond donors (Lipinski definition) is 2. The SMILES string of the molecule is Cn1cnc2cc(Nc3ncc4scc(-c5cccc(NS(C)(=O)=O)c5)c4n3)ccc2c1=O. The van der Waals surface area contributed by atoms with Crippen LogP contribution in [-0.4, -0.2) is 34.2 Å². The molecule has 0 amide bonds. The Hall–Kier alpha value is -3.83. The molecule has 3 aromatic heterocycles. The first-order chi connectivity index (χ1) is 15.8. The Morgan fingerprint density at radius 1 is 1.06 bits per heavy atom. The Kier molecular flexibility index (Phi) is 5.06. The van der Waals surface area contributed by atoms with Crippen LogP contribution in [0.25, 0.3) is 32.2 Å². The van der Waals surface area contributed by atoms with Crippen LogP contribution in [0.3, 0.4) is 0 Å². The van der Waals surface area contributed by atoms with Crippen molar-refractivity contribution >= 4 is 59.8 Å². The highest BCUT2D eigenvalue weighted by atomic mass is 32.2. The molecule has 166 valence electrons. The summed E-state index contributed by atoms with van der Waals surface area (Å²) < 4.78 is 28.0. The highest BCUT2D eigenvalue weighted by Gasteiger charge is 2.12. The van der Waals surface area contributed by atoms with Crippen LogP contribution in [0.1, 0.15) is 0 Å². The number of anilines is 3. The number of hydrogen-bond acceptors (Lipinski definition) is 8. The molecule has 5 rings (SSSR count). The van der Waals surface area contributed by atoms with Crippen molar-refractivity contribution in [2.45, 2.75) is 0 Å². The van der Waals surface area contributed by atoms with Crippen LogP contribution in [0.2, 0.25) is 0 Å². The topological polar surface area (TPSA) is 119 Å². The molecule has 0 spiro atoms. The summed E-state index contributed by atoms with van der Waals surface area (Å²) in [6.45, 7) is 0. The summed E-state index contributed by atoms with van der Waals surface area (Å²) in [6.07, 6.45) is 4.35. The normalized spacial score (nSPS) is 11.7. The van der Waals surface area contributed by atoms with Crippen molar-refractivity contribution in [1.82, 2.24) is 19.5 Å². The second-order valence-corrected chi connectivity index (χ2v) is 10.2. The van der Waals surface area contributed by atoms with Gasteiger partial charge in [0.15, 0.2) is 0 Å². The highest BCUT2D eigenvalue weighted by molar-refractivity contribution is 7.92. The lowest BCUT2D eigenvalue weighted by Gasteiger charge is -2.08. The fourth-order valence-corrected chi connectivity index (χ4v) is 4.90. The highest BCUT2D eigenvalue weighted by Crippen LogP contribution is 2.34. The minimum atomic E-state index is -3.38. The lowest BCUT2D eigenvalue weighted by molar-refractivity contribution is 0.607. The van der Waals surface area contributed by atoms with Crippen molar-refractivity contribution in [3.8, 4) is 11.1 Å². The molecular formula is C22H18N6O3S2. The van der Waals surface area contributed by atoms with E-state index in [1.54, 1.807) is 49.6 Å². The van der Waals surface area contributed by atoms with Crippen LogP contribution < -0.4 is 15.6 Å². The number of fused-ring (bicyclic) bond motifs is 2. The molecule has 9 nitrogen and oxygen atoms in total. The van der Waals surface area contributed by atoms with Gasteiger partial charge in [0.2, 0.25) is 16.0 Å².